The molecule has 1 heterocycles. The number of fused-ring (bicyclic) bond motifs is 1. The van der Waals surface area contributed by atoms with E-state index in [-0.39, 0.29) is 6.04 Å². The van der Waals surface area contributed by atoms with Crippen LogP contribution in [0.4, 0.5) is 0 Å². The van der Waals surface area contributed by atoms with Crippen molar-refractivity contribution in [3.63, 3.8) is 0 Å². The third-order valence-electron chi connectivity index (χ3n) is 3.68. The maximum absolute atomic E-state index is 6.07. The highest BCUT2D eigenvalue weighted by Crippen LogP contribution is 2.35. The fourth-order valence-electron chi connectivity index (χ4n) is 2.60. The number of nitrogens with two attached hydrogens (primary N) is 1. The van der Waals surface area contributed by atoms with Gasteiger partial charge in [-0.25, -0.2) is 0 Å². The Bertz CT molecular complexity index is 577. The number of rotatable bonds is 4. The Kier molecular flexibility index (Phi) is 3.25. The molecular formula is C15H19N3O. The first kappa shape index (κ1) is 12.2. The minimum atomic E-state index is 0.168. The topological polar surface area (TPSA) is 53.1 Å². The fraction of sp³-hybridized carbons (Fsp3) is 0.400. The van der Waals surface area contributed by atoms with E-state index in [4.69, 9.17) is 10.5 Å². The van der Waals surface area contributed by atoms with Gasteiger partial charge in [0.15, 0.2) is 0 Å². The number of aryl methyl sites for hydroxylation is 1. The summed E-state index contributed by atoms with van der Waals surface area (Å²) >= 11 is 0. The maximum Gasteiger partial charge on any atom is 0.123 e. The second-order valence-corrected chi connectivity index (χ2v) is 4.96. The molecule has 4 heteroatoms. The average molecular weight is 257 g/mol. The van der Waals surface area contributed by atoms with Gasteiger partial charge in [0.25, 0.3) is 0 Å². The molecule has 1 aliphatic carbocycles. The van der Waals surface area contributed by atoms with Crippen molar-refractivity contribution >= 4 is 0 Å². The van der Waals surface area contributed by atoms with Crippen LogP contribution < -0.4 is 10.5 Å². The summed E-state index contributed by atoms with van der Waals surface area (Å²) in [5.74, 6) is 0.967. The van der Waals surface area contributed by atoms with Crippen molar-refractivity contribution in [2.24, 2.45) is 5.73 Å². The van der Waals surface area contributed by atoms with Gasteiger partial charge in [0.2, 0.25) is 0 Å². The smallest absolute Gasteiger partial charge is 0.123 e. The van der Waals surface area contributed by atoms with Crippen LogP contribution in [0.1, 0.15) is 36.1 Å². The third-order valence-corrected chi connectivity index (χ3v) is 3.68. The van der Waals surface area contributed by atoms with Gasteiger partial charge < -0.3 is 10.5 Å². The number of benzene rings is 1. The van der Waals surface area contributed by atoms with E-state index in [2.05, 4.69) is 18.1 Å². The van der Waals surface area contributed by atoms with E-state index in [1.165, 1.54) is 11.1 Å². The van der Waals surface area contributed by atoms with Crippen LogP contribution in [0.15, 0.2) is 30.6 Å². The summed E-state index contributed by atoms with van der Waals surface area (Å²) in [6.45, 7) is 3.52. The van der Waals surface area contributed by atoms with Crippen molar-refractivity contribution in [1.29, 1.82) is 0 Å². The predicted molar refractivity (Wildman–Crippen MR) is 73.9 cm³/mol. The summed E-state index contributed by atoms with van der Waals surface area (Å²) < 4.78 is 7.84. The molecule has 1 unspecified atom stereocenters. The van der Waals surface area contributed by atoms with Gasteiger partial charge in [-0.3, -0.25) is 4.68 Å². The van der Waals surface area contributed by atoms with Gasteiger partial charge in [-0.05, 0) is 37.0 Å². The zero-order chi connectivity index (χ0) is 13.2. The van der Waals surface area contributed by atoms with Crippen LogP contribution in [-0.4, -0.2) is 9.78 Å². The van der Waals surface area contributed by atoms with Crippen LogP contribution in [0.2, 0.25) is 0 Å². The van der Waals surface area contributed by atoms with Crippen molar-refractivity contribution in [2.45, 2.75) is 39.0 Å². The van der Waals surface area contributed by atoms with Gasteiger partial charge in [-0.15, -0.1) is 0 Å². The molecule has 0 spiro atoms. The molecule has 100 valence electrons. The zero-order valence-electron chi connectivity index (χ0n) is 11.2. The number of hydrogen-bond donors (Lipinski definition) is 1. The largest absolute Gasteiger partial charge is 0.488 e. The van der Waals surface area contributed by atoms with Gasteiger partial charge in [0.05, 0.1) is 6.20 Å². The van der Waals surface area contributed by atoms with Crippen molar-refractivity contribution < 1.29 is 4.74 Å². The Morgan fingerprint density at radius 3 is 3.16 bits per heavy atom. The molecule has 0 aliphatic heterocycles. The lowest BCUT2D eigenvalue weighted by atomic mass is 10.1. The van der Waals surface area contributed by atoms with Crippen molar-refractivity contribution in [3.8, 4) is 5.75 Å². The molecule has 1 atom stereocenters. The van der Waals surface area contributed by atoms with Crippen LogP contribution in [0.25, 0.3) is 0 Å². The van der Waals surface area contributed by atoms with Crippen LogP contribution >= 0.6 is 0 Å². The molecule has 2 N–H and O–H groups in total. The van der Waals surface area contributed by atoms with Gasteiger partial charge in [0, 0.05) is 24.3 Å². The molecule has 0 saturated heterocycles. The first-order chi connectivity index (χ1) is 9.28. The highest BCUT2D eigenvalue weighted by Gasteiger charge is 2.22. The van der Waals surface area contributed by atoms with Crippen LogP contribution in [0, 0.1) is 0 Å². The zero-order valence-corrected chi connectivity index (χ0v) is 11.2. The molecule has 0 bridgehead atoms. The minimum absolute atomic E-state index is 0.168. The van der Waals surface area contributed by atoms with E-state index in [0.29, 0.717) is 6.61 Å². The van der Waals surface area contributed by atoms with E-state index >= 15 is 0 Å². The Morgan fingerprint density at radius 1 is 1.47 bits per heavy atom. The monoisotopic (exact) mass is 257 g/mol. The highest BCUT2D eigenvalue weighted by molar-refractivity contribution is 5.44. The number of aromatic nitrogens is 2. The van der Waals surface area contributed by atoms with E-state index in [1.54, 1.807) is 0 Å². The molecule has 19 heavy (non-hydrogen) atoms. The Balaban J connectivity index is 1.74. The van der Waals surface area contributed by atoms with Crippen molar-refractivity contribution in [1.82, 2.24) is 9.78 Å². The first-order valence-electron chi connectivity index (χ1n) is 6.79. The molecule has 0 amide bonds. The van der Waals surface area contributed by atoms with Crippen LogP contribution in [0.5, 0.6) is 5.75 Å². The molecule has 1 aromatic heterocycles. The average Bonchev–Trinajstić information content (AvgIpc) is 3.04. The fourth-order valence-corrected chi connectivity index (χ4v) is 2.60. The number of ether oxygens (including phenoxy) is 1. The second kappa shape index (κ2) is 5.05. The summed E-state index contributed by atoms with van der Waals surface area (Å²) in [7, 11) is 0. The van der Waals surface area contributed by atoms with E-state index in [1.807, 2.05) is 29.2 Å². The summed E-state index contributed by atoms with van der Waals surface area (Å²) in [6.07, 6.45) is 5.91. The van der Waals surface area contributed by atoms with Gasteiger partial charge in [0.1, 0.15) is 12.4 Å². The number of hydrogen-bond acceptors (Lipinski definition) is 3. The summed E-state index contributed by atoms with van der Waals surface area (Å²) in [4.78, 5) is 0. The van der Waals surface area contributed by atoms with Crippen molar-refractivity contribution in [2.75, 3.05) is 0 Å². The molecule has 3 rings (SSSR count). The molecule has 4 nitrogen and oxygen atoms in total. The maximum atomic E-state index is 6.07. The van der Waals surface area contributed by atoms with Gasteiger partial charge >= 0.3 is 0 Å². The Morgan fingerprint density at radius 2 is 2.37 bits per heavy atom. The minimum Gasteiger partial charge on any atom is -0.488 e. The standard InChI is InChI=1S/C15H19N3O/c1-2-18-9-11(8-17-18)10-19-15-5-3-4-12-13(15)6-7-14(12)16/h3-5,8-9,14H,2,6-7,10,16H2,1H3. The Labute approximate surface area is 113 Å². The number of nitrogens with zero attached hydrogens (tertiary/aromatic N) is 2. The quantitative estimate of drug-likeness (QED) is 0.915. The van der Waals surface area contributed by atoms with Gasteiger partial charge in [-0.1, -0.05) is 12.1 Å². The third kappa shape index (κ3) is 2.36. The molecule has 2 aromatic rings. The van der Waals surface area contributed by atoms with Crippen LogP contribution in [-0.2, 0) is 19.6 Å². The molecule has 0 fully saturated rings. The molecule has 0 radical (unpaired) electrons. The molecule has 1 aliphatic rings. The normalized spacial score (nSPS) is 17.5. The highest BCUT2D eigenvalue weighted by atomic mass is 16.5. The molecular weight excluding hydrogens is 238 g/mol. The Hall–Kier alpha value is -1.81. The predicted octanol–water partition coefficient (Wildman–Crippen LogP) is 2.43. The lowest BCUT2D eigenvalue weighted by Crippen LogP contribution is -2.05. The van der Waals surface area contributed by atoms with E-state index < -0.39 is 0 Å². The first-order valence-corrected chi connectivity index (χ1v) is 6.79. The van der Waals surface area contributed by atoms with E-state index in [0.717, 1.165) is 30.7 Å². The van der Waals surface area contributed by atoms with Gasteiger partial charge in [-0.2, -0.15) is 5.10 Å². The van der Waals surface area contributed by atoms with Crippen molar-refractivity contribution in [3.05, 3.63) is 47.3 Å². The SMILES string of the molecule is CCn1cc(COc2cccc3c2CCC3N)cn1. The summed E-state index contributed by atoms with van der Waals surface area (Å²) in [6, 6.07) is 6.33. The summed E-state index contributed by atoms with van der Waals surface area (Å²) in [5.41, 5.74) is 9.69. The molecule has 0 saturated carbocycles. The lowest BCUT2D eigenvalue weighted by Gasteiger charge is -2.10. The van der Waals surface area contributed by atoms with E-state index in [9.17, 15) is 0 Å². The lowest BCUT2D eigenvalue weighted by molar-refractivity contribution is 0.303. The second-order valence-electron chi connectivity index (χ2n) is 4.96. The summed E-state index contributed by atoms with van der Waals surface area (Å²) in [5, 5.41) is 4.25. The van der Waals surface area contributed by atoms with Crippen LogP contribution in [0.3, 0.4) is 0 Å². The molecule has 1 aromatic carbocycles.